The zero-order valence-corrected chi connectivity index (χ0v) is 12.5. The van der Waals surface area contributed by atoms with Crippen molar-refractivity contribution in [1.82, 2.24) is 15.0 Å². The van der Waals surface area contributed by atoms with Gasteiger partial charge < -0.3 is 14.2 Å². The molecule has 1 atom stereocenters. The van der Waals surface area contributed by atoms with E-state index in [1.54, 1.807) is 4.90 Å². The first kappa shape index (κ1) is 15.0. The van der Waals surface area contributed by atoms with E-state index in [4.69, 9.17) is 9.26 Å². The maximum absolute atomic E-state index is 12.3. The van der Waals surface area contributed by atoms with E-state index in [1.165, 1.54) is 0 Å². The van der Waals surface area contributed by atoms with Gasteiger partial charge in [0.25, 0.3) is 5.91 Å². The van der Waals surface area contributed by atoms with Crippen molar-refractivity contribution in [2.24, 2.45) is 5.92 Å². The van der Waals surface area contributed by atoms with Gasteiger partial charge in [-0.15, -0.1) is 0 Å². The molecule has 2 heterocycles. The Labute approximate surface area is 119 Å². The Morgan fingerprint density at radius 1 is 1.50 bits per heavy atom. The fourth-order valence-corrected chi connectivity index (χ4v) is 2.28. The average Bonchev–Trinajstić information content (AvgIpc) is 3.05. The monoisotopic (exact) mass is 281 g/mol. The molecule has 1 aromatic rings. The molecule has 1 aromatic heterocycles. The maximum atomic E-state index is 12.3. The summed E-state index contributed by atoms with van der Waals surface area (Å²) in [5, 5.41) is 3.95. The van der Waals surface area contributed by atoms with Gasteiger partial charge in [0.2, 0.25) is 5.89 Å². The van der Waals surface area contributed by atoms with Crippen molar-refractivity contribution in [2.45, 2.75) is 52.7 Å². The van der Waals surface area contributed by atoms with Crippen molar-refractivity contribution in [1.29, 1.82) is 0 Å². The van der Waals surface area contributed by atoms with Gasteiger partial charge in [-0.25, -0.2) is 0 Å². The van der Waals surface area contributed by atoms with Crippen molar-refractivity contribution < 1.29 is 14.1 Å². The third-order valence-corrected chi connectivity index (χ3v) is 3.32. The zero-order valence-electron chi connectivity index (χ0n) is 12.5. The van der Waals surface area contributed by atoms with Crippen molar-refractivity contribution in [3.8, 4) is 0 Å². The first-order valence-corrected chi connectivity index (χ1v) is 7.32. The highest BCUT2D eigenvalue weighted by atomic mass is 16.5. The van der Waals surface area contributed by atoms with Gasteiger partial charge in [0.15, 0.2) is 5.82 Å². The summed E-state index contributed by atoms with van der Waals surface area (Å²) in [6, 6.07) is 0. The van der Waals surface area contributed by atoms with Gasteiger partial charge in [-0.3, -0.25) is 4.79 Å². The molecule has 0 aliphatic carbocycles. The van der Waals surface area contributed by atoms with Gasteiger partial charge in [-0.1, -0.05) is 19.0 Å². The van der Waals surface area contributed by atoms with E-state index in [0.717, 1.165) is 19.3 Å². The zero-order chi connectivity index (χ0) is 14.5. The van der Waals surface area contributed by atoms with Crippen LogP contribution in [0.1, 0.15) is 45.3 Å². The lowest BCUT2D eigenvalue weighted by Crippen LogP contribution is -2.38. The van der Waals surface area contributed by atoms with Crippen molar-refractivity contribution in [2.75, 3.05) is 13.2 Å². The fraction of sp³-hybridized carbons (Fsp3) is 0.786. The lowest BCUT2D eigenvalue weighted by Gasteiger charge is -2.22. The molecule has 1 saturated heterocycles. The molecule has 0 saturated carbocycles. The van der Waals surface area contributed by atoms with Crippen molar-refractivity contribution in [3.63, 3.8) is 0 Å². The number of ether oxygens (including phenoxy) is 1. The van der Waals surface area contributed by atoms with Crippen LogP contribution in [0.25, 0.3) is 0 Å². The summed E-state index contributed by atoms with van der Waals surface area (Å²) < 4.78 is 10.6. The van der Waals surface area contributed by atoms with Crippen LogP contribution in [0.15, 0.2) is 4.52 Å². The van der Waals surface area contributed by atoms with Crippen LogP contribution in [0.3, 0.4) is 0 Å². The first-order chi connectivity index (χ1) is 9.60. The highest BCUT2D eigenvalue weighted by Gasteiger charge is 2.28. The van der Waals surface area contributed by atoms with Crippen LogP contribution in [0.5, 0.6) is 0 Å². The van der Waals surface area contributed by atoms with Gasteiger partial charge in [0.1, 0.15) is 6.10 Å². The normalized spacial score (nSPS) is 18.7. The Morgan fingerprint density at radius 2 is 2.30 bits per heavy atom. The molecule has 1 amide bonds. The Morgan fingerprint density at radius 3 is 2.90 bits per heavy atom. The number of hydrogen-bond donors (Lipinski definition) is 0. The van der Waals surface area contributed by atoms with E-state index < -0.39 is 0 Å². The summed E-state index contributed by atoms with van der Waals surface area (Å²) >= 11 is 0. The molecule has 20 heavy (non-hydrogen) atoms. The van der Waals surface area contributed by atoms with Gasteiger partial charge in [0.05, 0.1) is 6.54 Å². The molecule has 6 heteroatoms. The van der Waals surface area contributed by atoms with E-state index >= 15 is 0 Å². The first-order valence-electron chi connectivity index (χ1n) is 7.32. The molecular formula is C14H23N3O3. The number of nitrogens with zero attached hydrogens (tertiary/aromatic N) is 3. The maximum Gasteiger partial charge on any atom is 0.252 e. The van der Waals surface area contributed by atoms with E-state index in [-0.39, 0.29) is 12.0 Å². The second kappa shape index (κ2) is 6.83. The van der Waals surface area contributed by atoms with Crippen LogP contribution in [-0.4, -0.2) is 40.2 Å². The molecular weight excluding hydrogens is 258 g/mol. The number of rotatable bonds is 6. The molecule has 1 fully saturated rings. The van der Waals surface area contributed by atoms with Gasteiger partial charge in [-0.2, -0.15) is 4.98 Å². The molecule has 0 spiro atoms. The molecule has 2 rings (SSSR count). The largest absolute Gasteiger partial charge is 0.368 e. The lowest BCUT2D eigenvalue weighted by atomic mass is 10.1. The number of carbonyl (C=O) groups is 1. The van der Waals surface area contributed by atoms with Gasteiger partial charge >= 0.3 is 0 Å². The highest BCUT2D eigenvalue weighted by molar-refractivity contribution is 5.81. The molecule has 6 nitrogen and oxygen atoms in total. The van der Waals surface area contributed by atoms with Gasteiger partial charge in [-0.05, 0) is 25.7 Å². The minimum absolute atomic E-state index is 0.0280. The summed E-state index contributed by atoms with van der Waals surface area (Å²) in [4.78, 5) is 18.3. The summed E-state index contributed by atoms with van der Waals surface area (Å²) in [5.74, 6) is 1.70. The summed E-state index contributed by atoms with van der Waals surface area (Å²) in [7, 11) is 0. The second-order valence-electron chi connectivity index (χ2n) is 5.56. The lowest BCUT2D eigenvalue weighted by molar-refractivity contribution is -0.141. The van der Waals surface area contributed by atoms with Crippen LogP contribution in [0.4, 0.5) is 0 Å². The average molecular weight is 281 g/mol. The third-order valence-electron chi connectivity index (χ3n) is 3.32. The molecule has 0 aromatic carbocycles. The van der Waals surface area contributed by atoms with E-state index in [0.29, 0.717) is 37.3 Å². The van der Waals surface area contributed by atoms with E-state index in [2.05, 4.69) is 24.0 Å². The molecule has 112 valence electrons. The minimum atomic E-state index is -0.294. The van der Waals surface area contributed by atoms with Crippen molar-refractivity contribution in [3.05, 3.63) is 11.7 Å². The molecule has 1 aliphatic heterocycles. The summed E-state index contributed by atoms with van der Waals surface area (Å²) in [6.45, 7) is 7.83. The number of carbonyl (C=O) groups excluding carboxylic acids is 1. The smallest absolute Gasteiger partial charge is 0.252 e. The Bertz CT molecular complexity index is 439. The molecule has 0 bridgehead atoms. The fourth-order valence-electron chi connectivity index (χ4n) is 2.28. The van der Waals surface area contributed by atoms with Crippen LogP contribution in [-0.2, 0) is 22.5 Å². The molecule has 0 N–H and O–H groups in total. The van der Waals surface area contributed by atoms with Crippen molar-refractivity contribution >= 4 is 5.91 Å². The van der Waals surface area contributed by atoms with E-state index in [1.807, 2.05) is 6.92 Å². The minimum Gasteiger partial charge on any atom is -0.368 e. The Balaban J connectivity index is 1.95. The third kappa shape index (κ3) is 3.79. The van der Waals surface area contributed by atoms with Crippen LogP contribution in [0, 0.1) is 5.92 Å². The number of amides is 1. The SMILES string of the molecule is CCN(Cc1noc(CC(C)C)n1)C(=O)C1CCCO1. The predicted octanol–water partition coefficient (Wildman–Crippen LogP) is 1.80. The van der Waals surface area contributed by atoms with Gasteiger partial charge in [0, 0.05) is 19.6 Å². The number of aromatic nitrogens is 2. The summed E-state index contributed by atoms with van der Waals surface area (Å²) in [5.41, 5.74) is 0. The number of likely N-dealkylation sites (N-methyl/N-ethyl adjacent to an activating group) is 1. The standard InChI is InChI=1S/C14H23N3O3/c1-4-17(14(18)11-6-5-7-19-11)9-12-15-13(20-16-12)8-10(2)3/h10-11H,4-9H2,1-3H3. The molecule has 0 radical (unpaired) electrons. The van der Waals surface area contributed by atoms with Crippen LogP contribution in [0.2, 0.25) is 0 Å². The van der Waals surface area contributed by atoms with Crippen LogP contribution >= 0.6 is 0 Å². The second-order valence-corrected chi connectivity index (χ2v) is 5.56. The summed E-state index contributed by atoms with van der Waals surface area (Å²) in [6.07, 6.45) is 2.23. The quantitative estimate of drug-likeness (QED) is 0.795. The highest BCUT2D eigenvalue weighted by Crippen LogP contribution is 2.16. The number of hydrogen-bond acceptors (Lipinski definition) is 5. The Kier molecular flexibility index (Phi) is 5.11. The molecule has 1 unspecified atom stereocenters. The molecule has 1 aliphatic rings. The van der Waals surface area contributed by atoms with Crippen LogP contribution < -0.4 is 0 Å². The topological polar surface area (TPSA) is 68.5 Å². The van der Waals surface area contributed by atoms with E-state index in [9.17, 15) is 4.79 Å². The Hall–Kier alpha value is -1.43. The predicted molar refractivity (Wildman–Crippen MR) is 72.9 cm³/mol.